The van der Waals surface area contributed by atoms with Crippen molar-refractivity contribution in [2.45, 2.75) is 46.0 Å². The van der Waals surface area contributed by atoms with Crippen LogP contribution in [0.1, 0.15) is 45.1 Å². The van der Waals surface area contributed by atoms with Crippen LogP contribution in [0.15, 0.2) is 18.2 Å². The number of aliphatic carboxylic acids is 1. The molecule has 0 spiro atoms. The maximum atomic E-state index is 13.8. The highest BCUT2D eigenvalue weighted by Gasteiger charge is 2.36. The molecule has 0 aliphatic rings. The van der Waals surface area contributed by atoms with Crippen molar-refractivity contribution in [1.29, 1.82) is 0 Å². The zero-order chi connectivity index (χ0) is 14.5. The molecule has 106 valence electrons. The Morgan fingerprint density at radius 2 is 2.11 bits per heavy atom. The van der Waals surface area contributed by atoms with E-state index in [0.717, 1.165) is 12.8 Å². The Balaban J connectivity index is 3.05. The van der Waals surface area contributed by atoms with E-state index in [-0.39, 0.29) is 12.2 Å². The van der Waals surface area contributed by atoms with E-state index in [2.05, 4.69) is 0 Å². The van der Waals surface area contributed by atoms with Gasteiger partial charge in [-0.2, -0.15) is 0 Å². The first-order valence-corrected chi connectivity index (χ1v) is 7.00. The highest BCUT2D eigenvalue weighted by Crippen LogP contribution is 2.34. The summed E-state index contributed by atoms with van der Waals surface area (Å²) in [6.45, 7) is 3.86. The fourth-order valence-corrected chi connectivity index (χ4v) is 2.48. The van der Waals surface area contributed by atoms with Crippen molar-refractivity contribution in [3.63, 3.8) is 0 Å². The lowest BCUT2D eigenvalue weighted by Crippen LogP contribution is -2.33. The molecule has 1 N–H and O–H groups in total. The molecule has 1 aromatic rings. The summed E-state index contributed by atoms with van der Waals surface area (Å²) in [4.78, 5) is 11.6. The van der Waals surface area contributed by atoms with Crippen LogP contribution in [0.3, 0.4) is 0 Å². The van der Waals surface area contributed by atoms with Crippen LogP contribution in [-0.4, -0.2) is 11.1 Å². The van der Waals surface area contributed by atoms with Gasteiger partial charge >= 0.3 is 5.97 Å². The van der Waals surface area contributed by atoms with Gasteiger partial charge in [-0.25, -0.2) is 4.39 Å². The Morgan fingerprint density at radius 3 is 2.63 bits per heavy atom. The maximum absolute atomic E-state index is 13.8. The number of benzene rings is 1. The van der Waals surface area contributed by atoms with E-state index in [0.29, 0.717) is 23.4 Å². The average molecular weight is 287 g/mol. The molecule has 19 heavy (non-hydrogen) atoms. The molecule has 1 unspecified atom stereocenters. The first kappa shape index (κ1) is 16.0. The first-order valence-electron chi connectivity index (χ1n) is 6.62. The van der Waals surface area contributed by atoms with E-state index in [9.17, 15) is 14.3 Å². The minimum Gasteiger partial charge on any atom is -0.481 e. The van der Waals surface area contributed by atoms with Gasteiger partial charge in [-0.05, 0) is 43.0 Å². The molecule has 2 nitrogen and oxygen atoms in total. The van der Waals surface area contributed by atoms with Crippen LogP contribution in [0, 0.1) is 11.2 Å². The molecular formula is C15H20ClFO2. The van der Waals surface area contributed by atoms with Crippen LogP contribution in [0.5, 0.6) is 0 Å². The van der Waals surface area contributed by atoms with Crippen molar-refractivity contribution in [2.75, 3.05) is 0 Å². The van der Waals surface area contributed by atoms with E-state index in [4.69, 9.17) is 11.6 Å². The van der Waals surface area contributed by atoms with Gasteiger partial charge in [0.15, 0.2) is 0 Å². The standard InChI is InChI=1S/C15H20ClFO2/c1-3-5-8-15(4-2,14(18)19)10-11-9-12(16)6-7-13(11)17/h6-7,9H,3-5,8,10H2,1-2H3,(H,18,19). The number of carboxylic acid groups (broad SMARTS) is 1. The number of carboxylic acids is 1. The third-order valence-corrected chi connectivity index (χ3v) is 3.91. The predicted octanol–water partition coefficient (Wildman–Crippen LogP) is 4.69. The fourth-order valence-electron chi connectivity index (χ4n) is 2.28. The van der Waals surface area contributed by atoms with E-state index in [1.807, 2.05) is 13.8 Å². The van der Waals surface area contributed by atoms with Gasteiger partial charge in [0.05, 0.1) is 5.41 Å². The normalized spacial score (nSPS) is 14.1. The monoisotopic (exact) mass is 286 g/mol. The maximum Gasteiger partial charge on any atom is 0.309 e. The topological polar surface area (TPSA) is 37.3 Å². The molecule has 1 rings (SSSR count). The van der Waals surface area contributed by atoms with Crippen molar-refractivity contribution in [2.24, 2.45) is 5.41 Å². The van der Waals surface area contributed by atoms with Gasteiger partial charge in [0.1, 0.15) is 5.82 Å². The van der Waals surface area contributed by atoms with Gasteiger partial charge in [-0.3, -0.25) is 4.79 Å². The molecule has 1 atom stereocenters. The summed E-state index contributed by atoms with van der Waals surface area (Å²) in [5.41, 5.74) is -0.519. The van der Waals surface area contributed by atoms with Crippen LogP contribution < -0.4 is 0 Å². The van der Waals surface area contributed by atoms with Crippen LogP contribution >= 0.6 is 11.6 Å². The number of unbranched alkanes of at least 4 members (excludes halogenated alkanes) is 1. The zero-order valence-electron chi connectivity index (χ0n) is 11.4. The van der Waals surface area contributed by atoms with Gasteiger partial charge in [0.25, 0.3) is 0 Å². The van der Waals surface area contributed by atoms with E-state index in [1.165, 1.54) is 18.2 Å². The Kier molecular flexibility index (Phi) is 5.80. The summed E-state index contributed by atoms with van der Waals surface area (Å²) < 4.78 is 13.8. The molecule has 1 aromatic carbocycles. The van der Waals surface area contributed by atoms with Crippen LogP contribution in [0.25, 0.3) is 0 Å². The summed E-state index contributed by atoms with van der Waals surface area (Å²) >= 11 is 5.86. The van der Waals surface area contributed by atoms with Crippen LogP contribution in [-0.2, 0) is 11.2 Å². The summed E-state index contributed by atoms with van der Waals surface area (Å²) in [7, 11) is 0. The highest BCUT2D eigenvalue weighted by atomic mass is 35.5. The zero-order valence-corrected chi connectivity index (χ0v) is 12.1. The number of hydrogen-bond acceptors (Lipinski definition) is 1. The Labute approximate surface area is 118 Å². The SMILES string of the molecule is CCCCC(CC)(Cc1cc(Cl)ccc1F)C(=O)O. The molecule has 0 fully saturated rings. The summed E-state index contributed by atoms with van der Waals surface area (Å²) in [5.74, 6) is -1.25. The van der Waals surface area contributed by atoms with Crippen LogP contribution in [0.2, 0.25) is 5.02 Å². The number of carbonyl (C=O) groups is 1. The Bertz CT molecular complexity index is 448. The molecule has 0 aliphatic carbocycles. The van der Waals surface area contributed by atoms with E-state index in [1.54, 1.807) is 0 Å². The fraction of sp³-hybridized carbons (Fsp3) is 0.533. The Morgan fingerprint density at radius 1 is 1.42 bits per heavy atom. The minimum absolute atomic E-state index is 0.186. The third-order valence-electron chi connectivity index (χ3n) is 3.68. The quantitative estimate of drug-likeness (QED) is 0.789. The smallest absolute Gasteiger partial charge is 0.309 e. The second-order valence-electron chi connectivity index (χ2n) is 4.96. The largest absolute Gasteiger partial charge is 0.481 e. The number of rotatable bonds is 7. The summed E-state index contributed by atoms with van der Waals surface area (Å²) in [6, 6.07) is 4.29. The summed E-state index contributed by atoms with van der Waals surface area (Å²) in [6.07, 6.45) is 2.97. The van der Waals surface area contributed by atoms with Gasteiger partial charge in [0.2, 0.25) is 0 Å². The van der Waals surface area contributed by atoms with Gasteiger partial charge in [-0.15, -0.1) is 0 Å². The van der Waals surface area contributed by atoms with E-state index >= 15 is 0 Å². The lowest BCUT2D eigenvalue weighted by atomic mass is 9.75. The second-order valence-corrected chi connectivity index (χ2v) is 5.39. The molecule has 0 heterocycles. The third kappa shape index (κ3) is 3.93. The molecule has 0 saturated heterocycles. The lowest BCUT2D eigenvalue weighted by molar-refractivity contribution is -0.149. The number of hydrogen-bond donors (Lipinski definition) is 1. The van der Waals surface area contributed by atoms with Crippen molar-refractivity contribution in [1.82, 2.24) is 0 Å². The molecule has 0 aromatic heterocycles. The molecule has 0 amide bonds. The van der Waals surface area contributed by atoms with Crippen molar-refractivity contribution in [3.05, 3.63) is 34.6 Å². The minimum atomic E-state index is -0.901. The van der Waals surface area contributed by atoms with Gasteiger partial charge in [-0.1, -0.05) is 38.3 Å². The average Bonchev–Trinajstić information content (AvgIpc) is 2.38. The Hall–Kier alpha value is -1.09. The van der Waals surface area contributed by atoms with Crippen LogP contribution in [0.4, 0.5) is 4.39 Å². The van der Waals surface area contributed by atoms with Gasteiger partial charge in [0, 0.05) is 5.02 Å². The summed E-state index contributed by atoms with van der Waals surface area (Å²) in [5, 5.41) is 9.95. The predicted molar refractivity (Wildman–Crippen MR) is 75.0 cm³/mol. The molecular weight excluding hydrogens is 267 g/mol. The van der Waals surface area contributed by atoms with Crippen molar-refractivity contribution < 1.29 is 14.3 Å². The molecule has 0 radical (unpaired) electrons. The molecule has 0 bridgehead atoms. The van der Waals surface area contributed by atoms with Crippen molar-refractivity contribution >= 4 is 17.6 Å². The lowest BCUT2D eigenvalue weighted by Gasteiger charge is -2.28. The van der Waals surface area contributed by atoms with Crippen molar-refractivity contribution in [3.8, 4) is 0 Å². The molecule has 4 heteroatoms. The number of halogens is 2. The van der Waals surface area contributed by atoms with E-state index < -0.39 is 11.4 Å². The first-order chi connectivity index (χ1) is 8.95. The molecule has 0 aliphatic heterocycles. The second kappa shape index (κ2) is 6.90. The molecule has 0 saturated carbocycles. The highest BCUT2D eigenvalue weighted by molar-refractivity contribution is 6.30. The van der Waals surface area contributed by atoms with Gasteiger partial charge < -0.3 is 5.11 Å².